The number of benzene rings is 1. The summed E-state index contributed by atoms with van der Waals surface area (Å²) in [4.78, 5) is 26.2. The van der Waals surface area contributed by atoms with Gasteiger partial charge in [0.15, 0.2) is 0 Å². The Bertz CT molecular complexity index is 844. The fourth-order valence-electron chi connectivity index (χ4n) is 3.98. The number of hydrogen-bond acceptors (Lipinski definition) is 5. The number of hydrogen-bond donors (Lipinski definition) is 1. The molecule has 0 spiro atoms. The number of aryl methyl sites for hydroxylation is 1. The lowest BCUT2D eigenvalue weighted by Gasteiger charge is -2.36. The molecule has 2 aliphatic rings. The smallest absolute Gasteiger partial charge is 0.270 e. The van der Waals surface area contributed by atoms with E-state index < -0.39 is 0 Å². The van der Waals surface area contributed by atoms with E-state index in [2.05, 4.69) is 31.2 Å². The van der Waals surface area contributed by atoms with Crippen molar-refractivity contribution in [3.63, 3.8) is 0 Å². The Labute approximate surface area is 170 Å². The molecule has 4 rings (SSSR count). The first-order valence-electron chi connectivity index (χ1n) is 10.0. The van der Waals surface area contributed by atoms with Crippen LogP contribution in [0.15, 0.2) is 30.3 Å². The van der Waals surface area contributed by atoms with Gasteiger partial charge in [-0.25, -0.2) is 9.97 Å². The summed E-state index contributed by atoms with van der Waals surface area (Å²) in [6.07, 6.45) is 4.51. The Kier molecular flexibility index (Phi) is 5.67. The summed E-state index contributed by atoms with van der Waals surface area (Å²) in [5.41, 5.74) is 2.42. The molecule has 1 aliphatic carbocycles. The van der Waals surface area contributed by atoms with Crippen LogP contribution in [-0.2, 0) is 0 Å². The Balaban J connectivity index is 1.43. The van der Waals surface area contributed by atoms with Gasteiger partial charge in [0, 0.05) is 48.6 Å². The molecule has 1 saturated carbocycles. The second-order valence-electron chi connectivity index (χ2n) is 7.60. The predicted molar refractivity (Wildman–Crippen MR) is 112 cm³/mol. The lowest BCUT2D eigenvalue weighted by Crippen LogP contribution is -2.47. The molecule has 28 heavy (non-hydrogen) atoms. The maximum Gasteiger partial charge on any atom is 0.270 e. The van der Waals surface area contributed by atoms with E-state index in [-0.39, 0.29) is 11.9 Å². The number of carbonyl (C=O) groups is 1. The summed E-state index contributed by atoms with van der Waals surface area (Å²) in [6.45, 7) is 5.25. The number of halogens is 1. The number of nitrogens with one attached hydrogen (secondary N) is 1. The highest BCUT2D eigenvalue weighted by Gasteiger charge is 2.23. The summed E-state index contributed by atoms with van der Waals surface area (Å²) < 4.78 is 0. The molecule has 1 N–H and O–H groups in total. The third kappa shape index (κ3) is 4.38. The molecule has 0 unspecified atom stereocenters. The fourth-order valence-corrected chi connectivity index (χ4v) is 4.16. The van der Waals surface area contributed by atoms with E-state index in [1.54, 1.807) is 6.07 Å². The highest BCUT2D eigenvalue weighted by molar-refractivity contribution is 6.30. The van der Waals surface area contributed by atoms with Crippen molar-refractivity contribution in [1.29, 1.82) is 0 Å². The minimum Gasteiger partial charge on any atom is -0.368 e. The lowest BCUT2D eigenvalue weighted by atomic mass is 10.2. The fraction of sp³-hybridized carbons (Fsp3) is 0.476. The van der Waals surface area contributed by atoms with Crippen molar-refractivity contribution in [2.75, 3.05) is 36.0 Å². The first kappa shape index (κ1) is 19.0. The van der Waals surface area contributed by atoms with Crippen LogP contribution in [0.25, 0.3) is 0 Å². The Hall–Kier alpha value is -2.34. The molecule has 7 heteroatoms. The number of carbonyl (C=O) groups excluding carboxylic acids is 1. The van der Waals surface area contributed by atoms with E-state index in [0.29, 0.717) is 11.6 Å². The highest BCUT2D eigenvalue weighted by atomic mass is 35.5. The van der Waals surface area contributed by atoms with Crippen molar-refractivity contribution < 1.29 is 4.79 Å². The molecule has 1 aliphatic heterocycles. The van der Waals surface area contributed by atoms with Crippen LogP contribution in [0, 0.1) is 6.92 Å². The standard InChI is InChI=1S/C21H26ClN5O/c1-15-13-19(20(28)24-17-6-2-3-7-17)25-21(23-15)27-11-9-26(10-12-27)18-8-4-5-16(22)14-18/h4-5,8,13-14,17H,2-3,6-7,9-12H2,1H3,(H,24,28). The first-order valence-corrected chi connectivity index (χ1v) is 10.4. The molecular weight excluding hydrogens is 374 g/mol. The first-order chi connectivity index (χ1) is 13.6. The quantitative estimate of drug-likeness (QED) is 0.853. The van der Waals surface area contributed by atoms with Gasteiger partial charge in [-0.1, -0.05) is 30.5 Å². The maximum absolute atomic E-state index is 12.6. The van der Waals surface area contributed by atoms with Gasteiger partial charge in [0.2, 0.25) is 5.95 Å². The number of amides is 1. The van der Waals surface area contributed by atoms with Crippen molar-refractivity contribution >= 4 is 29.1 Å². The normalized spacial score (nSPS) is 17.8. The Morgan fingerprint density at radius 3 is 2.50 bits per heavy atom. The molecule has 1 saturated heterocycles. The van der Waals surface area contributed by atoms with E-state index in [0.717, 1.165) is 55.4 Å². The molecule has 0 atom stereocenters. The molecule has 2 aromatic rings. The van der Waals surface area contributed by atoms with Gasteiger partial charge >= 0.3 is 0 Å². The molecule has 6 nitrogen and oxygen atoms in total. The van der Waals surface area contributed by atoms with Gasteiger partial charge in [-0.2, -0.15) is 0 Å². The topological polar surface area (TPSA) is 61.4 Å². The van der Waals surface area contributed by atoms with E-state index in [1.165, 1.54) is 12.8 Å². The van der Waals surface area contributed by atoms with Gasteiger partial charge in [-0.15, -0.1) is 0 Å². The van der Waals surface area contributed by atoms with E-state index in [9.17, 15) is 4.79 Å². The number of anilines is 2. The summed E-state index contributed by atoms with van der Waals surface area (Å²) in [5, 5.41) is 3.87. The summed E-state index contributed by atoms with van der Waals surface area (Å²) in [5.74, 6) is 0.554. The SMILES string of the molecule is Cc1cc(C(=O)NC2CCCC2)nc(N2CCN(c3cccc(Cl)c3)CC2)n1. The van der Waals surface area contributed by atoms with Crippen LogP contribution in [0.2, 0.25) is 5.02 Å². The summed E-state index contributed by atoms with van der Waals surface area (Å²) in [7, 11) is 0. The minimum absolute atomic E-state index is 0.0868. The number of rotatable bonds is 4. The number of aromatic nitrogens is 2. The monoisotopic (exact) mass is 399 g/mol. The molecule has 1 aromatic carbocycles. The average molecular weight is 400 g/mol. The van der Waals surface area contributed by atoms with Crippen molar-refractivity contribution in [2.24, 2.45) is 0 Å². The zero-order valence-electron chi connectivity index (χ0n) is 16.2. The zero-order chi connectivity index (χ0) is 19.5. The van der Waals surface area contributed by atoms with E-state index in [4.69, 9.17) is 11.6 Å². The molecule has 2 heterocycles. The molecule has 1 aromatic heterocycles. The summed E-state index contributed by atoms with van der Waals surface area (Å²) in [6, 6.07) is 9.99. The van der Waals surface area contributed by atoms with Gasteiger partial charge in [0.25, 0.3) is 5.91 Å². The van der Waals surface area contributed by atoms with Crippen LogP contribution >= 0.6 is 11.6 Å². The van der Waals surface area contributed by atoms with Gasteiger partial charge in [0.1, 0.15) is 5.69 Å². The number of piperazine rings is 1. The Morgan fingerprint density at radius 2 is 1.79 bits per heavy atom. The third-order valence-corrected chi connectivity index (χ3v) is 5.74. The van der Waals surface area contributed by atoms with Crippen molar-refractivity contribution in [2.45, 2.75) is 38.6 Å². The average Bonchev–Trinajstić information content (AvgIpc) is 3.21. The zero-order valence-corrected chi connectivity index (χ0v) is 17.0. The molecule has 148 valence electrons. The summed E-state index contributed by atoms with van der Waals surface area (Å²) >= 11 is 6.12. The highest BCUT2D eigenvalue weighted by Crippen LogP contribution is 2.22. The van der Waals surface area contributed by atoms with Crippen LogP contribution in [0.4, 0.5) is 11.6 Å². The van der Waals surface area contributed by atoms with Crippen LogP contribution in [-0.4, -0.2) is 48.1 Å². The largest absolute Gasteiger partial charge is 0.368 e. The van der Waals surface area contributed by atoms with E-state index >= 15 is 0 Å². The van der Waals surface area contributed by atoms with E-state index in [1.807, 2.05) is 25.1 Å². The molecule has 2 fully saturated rings. The van der Waals surface area contributed by atoms with Gasteiger partial charge in [-0.05, 0) is 44.0 Å². The predicted octanol–water partition coefficient (Wildman–Crippen LogP) is 3.44. The van der Waals surface area contributed by atoms with Crippen molar-refractivity contribution in [1.82, 2.24) is 15.3 Å². The van der Waals surface area contributed by atoms with Gasteiger partial charge in [0.05, 0.1) is 0 Å². The van der Waals surface area contributed by atoms with Crippen molar-refractivity contribution in [3.05, 3.63) is 46.7 Å². The van der Waals surface area contributed by atoms with Gasteiger partial charge < -0.3 is 15.1 Å². The second kappa shape index (κ2) is 8.35. The lowest BCUT2D eigenvalue weighted by molar-refractivity contribution is 0.0932. The third-order valence-electron chi connectivity index (χ3n) is 5.50. The Morgan fingerprint density at radius 1 is 1.07 bits per heavy atom. The van der Waals surface area contributed by atoms with Crippen LogP contribution in [0.3, 0.4) is 0 Å². The number of nitrogens with zero attached hydrogens (tertiary/aromatic N) is 4. The van der Waals surface area contributed by atoms with Crippen LogP contribution in [0.5, 0.6) is 0 Å². The minimum atomic E-state index is -0.0868. The molecule has 1 amide bonds. The molecule has 0 bridgehead atoms. The van der Waals surface area contributed by atoms with Crippen LogP contribution in [0.1, 0.15) is 41.9 Å². The van der Waals surface area contributed by atoms with Crippen LogP contribution < -0.4 is 15.1 Å². The molecule has 0 radical (unpaired) electrons. The van der Waals surface area contributed by atoms with Gasteiger partial charge in [-0.3, -0.25) is 4.79 Å². The maximum atomic E-state index is 12.6. The molecular formula is C21H26ClN5O. The second-order valence-corrected chi connectivity index (χ2v) is 8.04. The van der Waals surface area contributed by atoms with Crippen molar-refractivity contribution in [3.8, 4) is 0 Å².